The Hall–Kier alpha value is -2.40. The summed E-state index contributed by atoms with van der Waals surface area (Å²) in [5, 5.41) is 0. The summed E-state index contributed by atoms with van der Waals surface area (Å²) in [4.78, 5) is 26.2. The van der Waals surface area contributed by atoms with Crippen molar-refractivity contribution in [3.63, 3.8) is 0 Å². The van der Waals surface area contributed by atoms with E-state index in [2.05, 4.69) is 31.2 Å². The highest BCUT2D eigenvalue weighted by atomic mass is 16.5. The molecule has 2 aromatic rings. The quantitative estimate of drug-likeness (QED) is 0.868. The van der Waals surface area contributed by atoms with Crippen LogP contribution in [0.1, 0.15) is 34.5 Å². The number of aryl methyl sites for hydroxylation is 2. The van der Waals surface area contributed by atoms with Gasteiger partial charge in [-0.1, -0.05) is 31.2 Å². The molecular formula is C19H22N2O3. The summed E-state index contributed by atoms with van der Waals surface area (Å²) in [5.74, 6) is -0.119. The van der Waals surface area contributed by atoms with Crippen LogP contribution in [0.3, 0.4) is 0 Å². The van der Waals surface area contributed by atoms with E-state index in [1.165, 1.54) is 16.2 Å². The number of amides is 1. The fourth-order valence-electron chi connectivity index (χ4n) is 2.87. The van der Waals surface area contributed by atoms with Gasteiger partial charge in [0.05, 0.1) is 13.2 Å². The van der Waals surface area contributed by atoms with Crippen molar-refractivity contribution in [3.8, 4) is 0 Å². The van der Waals surface area contributed by atoms with Gasteiger partial charge in [-0.05, 0) is 23.6 Å². The van der Waals surface area contributed by atoms with E-state index in [4.69, 9.17) is 4.74 Å². The third-order valence-corrected chi connectivity index (χ3v) is 4.46. The largest absolute Gasteiger partial charge is 0.370 e. The molecule has 1 aliphatic heterocycles. The summed E-state index contributed by atoms with van der Waals surface area (Å²) in [7, 11) is 1.67. The predicted molar refractivity (Wildman–Crippen MR) is 92.1 cm³/mol. The second kappa shape index (κ2) is 7.01. The summed E-state index contributed by atoms with van der Waals surface area (Å²) in [6.07, 6.45) is 2.50. The Bertz CT molecular complexity index is 780. The molecule has 0 radical (unpaired) electrons. The molecule has 1 aromatic carbocycles. The zero-order valence-corrected chi connectivity index (χ0v) is 14.1. The van der Waals surface area contributed by atoms with Gasteiger partial charge in [-0.15, -0.1) is 0 Å². The van der Waals surface area contributed by atoms with Crippen molar-refractivity contribution in [1.29, 1.82) is 0 Å². The molecule has 0 bridgehead atoms. The molecule has 5 nitrogen and oxygen atoms in total. The molecule has 0 saturated carbocycles. The monoisotopic (exact) mass is 326 g/mol. The smallest absolute Gasteiger partial charge is 0.254 e. The SMILES string of the molecule is CCc1ccc(C2CN(C(=O)c3ccn(C)c(=O)c3)CCO2)cc1. The van der Waals surface area contributed by atoms with Crippen LogP contribution >= 0.6 is 0 Å². The maximum Gasteiger partial charge on any atom is 0.254 e. The fourth-order valence-corrected chi connectivity index (χ4v) is 2.87. The molecule has 1 amide bonds. The number of carbonyl (C=O) groups is 1. The number of benzene rings is 1. The molecule has 1 aliphatic rings. The number of ether oxygens (including phenoxy) is 1. The number of hydrogen-bond acceptors (Lipinski definition) is 3. The van der Waals surface area contributed by atoms with Crippen molar-refractivity contribution in [3.05, 3.63) is 69.6 Å². The molecule has 5 heteroatoms. The van der Waals surface area contributed by atoms with Crippen molar-refractivity contribution in [2.24, 2.45) is 7.05 Å². The van der Waals surface area contributed by atoms with Crippen LogP contribution in [0.25, 0.3) is 0 Å². The van der Waals surface area contributed by atoms with Gasteiger partial charge < -0.3 is 14.2 Å². The summed E-state index contributed by atoms with van der Waals surface area (Å²) < 4.78 is 7.29. The number of pyridine rings is 1. The van der Waals surface area contributed by atoms with Crippen molar-refractivity contribution in [2.45, 2.75) is 19.4 Å². The van der Waals surface area contributed by atoms with Crippen molar-refractivity contribution in [2.75, 3.05) is 19.7 Å². The van der Waals surface area contributed by atoms with Gasteiger partial charge in [-0.2, -0.15) is 0 Å². The van der Waals surface area contributed by atoms with Gasteiger partial charge in [0.2, 0.25) is 0 Å². The van der Waals surface area contributed by atoms with Crippen LogP contribution in [0.15, 0.2) is 47.4 Å². The highest BCUT2D eigenvalue weighted by Gasteiger charge is 2.26. The Kier molecular flexibility index (Phi) is 4.81. The minimum absolute atomic E-state index is 0.119. The van der Waals surface area contributed by atoms with Gasteiger partial charge in [0.1, 0.15) is 6.10 Å². The molecule has 1 atom stereocenters. The first kappa shape index (κ1) is 16.5. The van der Waals surface area contributed by atoms with Crippen molar-refractivity contribution >= 4 is 5.91 Å². The first-order valence-electron chi connectivity index (χ1n) is 8.25. The van der Waals surface area contributed by atoms with Crippen LogP contribution < -0.4 is 5.56 Å². The molecule has 1 saturated heterocycles. The summed E-state index contributed by atoms with van der Waals surface area (Å²) in [6.45, 7) is 3.66. The minimum Gasteiger partial charge on any atom is -0.370 e. The molecular weight excluding hydrogens is 304 g/mol. The van der Waals surface area contributed by atoms with E-state index >= 15 is 0 Å². The Morgan fingerprint density at radius 2 is 2.00 bits per heavy atom. The van der Waals surface area contributed by atoms with E-state index < -0.39 is 0 Å². The Balaban J connectivity index is 1.75. The lowest BCUT2D eigenvalue weighted by atomic mass is 10.0. The van der Waals surface area contributed by atoms with Gasteiger partial charge in [0, 0.05) is 31.4 Å². The maximum absolute atomic E-state index is 12.7. The van der Waals surface area contributed by atoms with E-state index in [1.54, 1.807) is 24.2 Å². The predicted octanol–water partition coefficient (Wildman–Crippen LogP) is 2.16. The second-order valence-corrected chi connectivity index (χ2v) is 6.07. The third kappa shape index (κ3) is 3.41. The normalized spacial score (nSPS) is 17.8. The lowest BCUT2D eigenvalue weighted by Gasteiger charge is -2.33. The van der Waals surface area contributed by atoms with Gasteiger partial charge in [-0.25, -0.2) is 0 Å². The number of morpholine rings is 1. The van der Waals surface area contributed by atoms with Gasteiger partial charge in [0.25, 0.3) is 11.5 Å². The number of nitrogens with zero attached hydrogens (tertiary/aromatic N) is 2. The van der Waals surface area contributed by atoms with Crippen LogP contribution in [0, 0.1) is 0 Å². The third-order valence-electron chi connectivity index (χ3n) is 4.46. The number of carbonyl (C=O) groups excluding carboxylic acids is 1. The molecule has 1 aromatic heterocycles. The lowest BCUT2D eigenvalue weighted by molar-refractivity contribution is -0.0228. The van der Waals surface area contributed by atoms with Crippen LogP contribution in [0.2, 0.25) is 0 Å². The fraction of sp³-hybridized carbons (Fsp3) is 0.368. The van der Waals surface area contributed by atoms with Crippen LogP contribution in [-0.4, -0.2) is 35.1 Å². The maximum atomic E-state index is 12.7. The standard InChI is InChI=1S/C19H22N2O3/c1-3-14-4-6-15(7-5-14)17-13-21(10-11-24-17)19(23)16-8-9-20(2)18(22)12-16/h4-9,12,17H,3,10-11,13H2,1-2H3. The molecule has 0 spiro atoms. The second-order valence-electron chi connectivity index (χ2n) is 6.07. The van der Waals surface area contributed by atoms with Crippen LogP contribution in [0.5, 0.6) is 0 Å². The molecule has 1 unspecified atom stereocenters. The zero-order chi connectivity index (χ0) is 17.1. The van der Waals surface area contributed by atoms with Crippen LogP contribution in [-0.2, 0) is 18.2 Å². The molecule has 0 N–H and O–H groups in total. The number of rotatable bonds is 3. The topological polar surface area (TPSA) is 51.5 Å². The molecule has 24 heavy (non-hydrogen) atoms. The van der Waals surface area contributed by atoms with E-state index in [-0.39, 0.29) is 17.6 Å². The van der Waals surface area contributed by atoms with Gasteiger partial charge in [0.15, 0.2) is 0 Å². The average molecular weight is 326 g/mol. The number of hydrogen-bond donors (Lipinski definition) is 0. The van der Waals surface area contributed by atoms with Crippen molar-refractivity contribution < 1.29 is 9.53 Å². The van der Waals surface area contributed by atoms with E-state index in [1.807, 2.05) is 0 Å². The van der Waals surface area contributed by atoms with Gasteiger partial charge in [-0.3, -0.25) is 9.59 Å². The molecule has 126 valence electrons. The van der Waals surface area contributed by atoms with E-state index in [9.17, 15) is 9.59 Å². The van der Waals surface area contributed by atoms with Gasteiger partial charge >= 0.3 is 0 Å². The molecule has 0 aliphatic carbocycles. The highest BCUT2D eigenvalue weighted by Crippen LogP contribution is 2.23. The average Bonchev–Trinajstić information content (AvgIpc) is 2.63. The Morgan fingerprint density at radius 3 is 2.67 bits per heavy atom. The highest BCUT2D eigenvalue weighted by molar-refractivity contribution is 5.94. The zero-order valence-electron chi connectivity index (χ0n) is 14.1. The summed E-state index contributed by atoms with van der Waals surface area (Å²) in [6, 6.07) is 11.4. The molecule has 3 rings (SSSR count). The number of aromatic nitrogens is 1. The summed E-state index contributed by atoms with van der Waals surface area (Å²) >= 11 is 0. The molecule has 1 fully saturated rings. The lowest BCUT2D eigenvalue weighted by Crippen LogP contribution is -2.42. The Labute approximate surface area is 141 Å². The van der Waals surface area contributed by atoms with E-state index in [0.717, 1.165) is 12.0 Å². The Morgan fingerprint density at radius 1 is 1.25 bits per heavy atom. The summed E-state index contributed by atoms with van der Waals surface area (Å²) in [5.41, 5.74) is 2.61. The first-order valence-corrected chi connectivity index (χ1v) is 8.25. The molecule has 2 heterocycles. The minimum atomic E-state index is -0.180. The van der Waals surface area contributed by atoms with Crippen LogP contribution in [0.4, 0.5) is 0 Å². The van der Waals surface area contributed by atoms with E-state index in [0.29, 0.717) is 25.3 Å². The van der Waals surface area contributed by atoms with Crippen molar-refractivity contribution in [1.82, 2.24) is 9.47 Å². The first-order chi connectivity index (χ1) is 11.6.